The van der Waals surface area contributed by atoms with E-state index in [1.54, 1.807) is 24.3 Å². The maximum absolute atomic E-state index is 12.0. The van der Waals surface area contributed by atoms with Gasteiger partial charge < -0.3 is 10.6 Å². The molecule has 0 bridgehead atoms. The van der Waals surface area contributed by atoms with Gasteiger partial charge in [0.05, 0.1) is 11.3 Å². The summed E-state index contributed by atoms with van der Waals surface area (Å²) in [4.78, 5) is 14.4. The van der Waals surface area contributed by atoms with Crippen LogP contribution >= 0.6 is 0 Å². The number of likely N-dealkylation sites (tertiary alicyclic amines) is 1. The fourth-order valence-corrected chi connectivity index (χ4v) is 2.69. The first kappa shape index (κ1) is 16.3. The van der Waals surface area contributed by atoms with Crippen LogP contribution in [0.2, 0.25) is 0 Å². The van der Waals surface area contributed by atoms with Gasteiger partial charge in [0.2, 0.25) is 0 Å². The molecule has 0 spiro atoms. The molecule has 1 aliphatic rings. The van der Waals surface area contributed by atoms with Crippen molar-refractivity contribution >= 4 is 11.7 Å². The number of nitrogens with zero attached hydrogens (tertiary/aromatic N) is 2. The first-order chi connectivity index (χ1) is 10.6. The molecule has 2 amide bonds. The predicted molar refractivity (Wildman–Crippen MR) is 87.6 cm³/mol. The van der Waals surface area contributed by atoms with Crippen molar-refractivity contribution < 1.29 is 4.79 Å². The minimum atomic E-state index is -0.264. The molecule has 0 radical (unpaired) electrons. The van der Waals surface area contributed by atoms with E-state index in [0.717, 1.165) is 19.0 Å². The van der Waals surface area contributed by atoms with Crippen LogP contribution in [0.4, 0.5) is 10.5 Å². The summed E-state index contributed by atoms with van der Waals surface area (Å²) in [5.41, 5.74) is 1.01. The van der Waals surface area contributed by atoms with Crippen LogP contribution in [0, 0.1) is 17.2 Å². The lowest BCUT2D eigenvalue weighted by Crippen LogP contribution is -2.46. The summed E-state index contributed by atoms with van der Waals surface area (Å²) in [7, 11) is 0. The molecular weight excluding hydrogens is 276 g/mol. The van der Waals surface area contributed by atoms with Crippen molar-refractivity contribution in [3.05, 3.63) is 29.8 Å². The van der Waals surface area contributed by atoms with E-state index >= 15 is 0 Å². The van der Waals surface area contributed by atoms with Crippen LogP contribution in [-0.4, -0.2) is 36.6 Å². The van der Waals surface area contributed by atoms with E-state index in [2.05, 4.69) is 35.5 Å². The van der Waals surface area contributed by atoms with E-state index in [1.807, 2.05) is 0 Å². The topological polar surface area (TPSA) is 68.2 Å². The normalized spacial score (nSPS) is 17.5. The van der Waals surface area contributed by atoms with E-state index in [-0.39, 0.29) is 6.03 Å². The standard InChI is InChI=1S/C17H24N4O/c1-13-7-9-21(10-8-13)14(2)12-19-17(22)20-16-6-4-3-5-15(16)11-18/h3-6,13-14H,7-10,12H2,1-2H3,(H2,19,20,22). The van der Waals surface area contributed by atoms with Crippen molar-refractivity contribution in [1.29, 1.82) is 5.26 Å². The number of hydrogen-bond acceptors (Lipinski definition) is 3. The van der Waals surface area contributed by atoms with E-state index < -0.39 is 0 Å². The highest BCUT2D eigenvalue weighted by atomic mass is 16.2. The summed E-state index contributed by atoms with van der Waals surface area (Å²) in [6.07, 6.45) is 2.46. The monoisotopic (exact) mass is 300 g/mol. The number of nitriles is 1. The van der Waals surface area contributed by atoms with Gasteiger partial charge in [0, 0.05) is 12.6 Å². The van der Waals surface area contributed by atoms with Crippen molar-refractivity contribution in [3.8, 4) is 6.07 Å². The molecule has 2 rings (SSSR count). The van der Waals surface area contributed by atoms with Gasteiger partial charge in [-0.3, -0.25) is 4.90 Å². The van der Waals surface area contributed by atoms with Crippen molar-refractivity contribution in [2.24, 2.45) is 5.92 Å². The first-order valence-electron chi connectivity index (χ1n) is 7.88. The summed E-state index contributed by atoms with van der Waals surface area (Å²) in [6, 6.07) is 9.13. The van der Waals surface area contributed by atoms with E-state index in [9.17, 15) is 4.79 Å². The lowest BCUT2D eigenvalue weighted by Gasteiger charge is -2.35. The number of carbonyl (C=O) groups is 1. The zero-order valence-corrected chi connectivity index (χ0v) is 13.3. The number of anilines is 1. The number of nitrogens with one attached hydrogen (secondary N) is 2. The van der Waals surface area contributed by atoms with Crippen molar-refractivity contribution in [2.45, 2.75) is 32.7 Å². The summed E-state index contributed by atoms with van der Waals surface area (Å²) in [5, 5.41) is 14.6. The number of benzene rings is 1. The Morgan fingerprint density at radius 3 is 2.77 bits per heavy atom. The molecule has 1 aliphatic heterocycles. The number of carbonyl (C=O) groups excluding carboxylic acids is 1. The van der Waals surface area contributed by atoms with Gasteiger partial charge in [-0.15, -0.1) is 0 Å². The van der Waals surface area contributed by atoms with Crippen molar-refractivity contribution in [1.82, 2.24) is 10.2 Å². The Morgan fingerprint density at radius 1 is 1.41 bits per heavy atom. The maximum Gasteiger partial charge on any atom is 0.319 e. The van der Waals surface area contributed by atoms with Gasteiger partial charge in [-0.05, 0) is 50.9 Å². The first-order valence-corrected chi connectivity index (χ1v) is 7.88. The van der Waals surface area contributed by atoms with Gasteiger partial charge in [0.15, 0.2) is 0 Å². The highest BCUT2D eigenvalue weighted by molar-refractivity contribution is 5.90. The van der Waals surface area contributed by atoms with Crippen molar-refractivity contribution in [3.63, 3.8) is 0 Å². The zero-order chi connectivity index (χ0) is 15.9. The lowest BCUT2D eigenvalue weighted by atomic mass is 9.98. The molecule has 5 heteroatoms. The van der Waals surface area contributed by atoms with Gasteiger partial charge in [-0.1, -0.05) is 19.1 Å². The van der Waals surface area contributed by atoms with Gasteiger partial charge in [-0.2, -0.15) is 5.26 Å². The highest BCUT2D eigenvalue weighted by Crippen LogP contribution is 2.17. The highest BCUT2D eigenvalue weighted by Gasteiger charge is 2.20. The van der Waals surface area contributed by atoms with E-state index in [4.69, 9.17) is 5.26 Å². The molecule has 1 aromatic rings. The van der Waals surface area contributed by atoms with Crippen LogP contribution in [0.1, 0.15) is 32.3 Å². The second-order valence-electron chi connectivity index (χ2n) is 6.06. The Labute approximate surface area is 132 Å². The third-order valence-corrected chi connectivity index (χ3v) is 4.30. The maximum atomic E-state index is 12.0. The molecule has 118 valence electrons. The minimum Gasteiger partial charge on any atom is -0.336 e. The SMILES string of the molecule is CC1CCN(C(C)CNC(=O)Nc2ccccc2C#N)CC1. The fourth-order valence-electron chi connectivity index (χ4n) is 2.69. The van der Waals surface area contributed by atoms with Crippen LogP contribution in [0.15, 0.2) is 24.3 Å². The summed E-state index contributed by atoms with van der Waals surface area (Å²) < 4.78 is 0. The second-order valence-corrected chi connectivity index (χ2v) is 6.06. The molecule has 22 heavy (non-hydrogen) atoms. The van der Waals surface area contributed by atoms with E-state index in [0.29, 0.717) is 23.8 Å². The molecule has 1 fully saturated rings. The summed E-state index contributed by atoms with van der Waals surface area (Å²) in [6.45, 7) is 7.24. The molecule has 0 saturated carbocycles. The Balaban J connectivity index is 1.79. The van der Waals surface area contributed by atoms with Crippen LogP contribution in [-0.2, 0) is 0 Å². The molecule has 1 saturated heterocycles. The fraction of sp³-hybridized carbons (Fsp3) is 0.529. The quantitative estimate of drug-likeness (QED) is 0.898. The number of rotatable bonds is 4. The van der Waals surface area contributed by atoms with E-state index in [1.165, 1.54) is 12.8 Å². The third kappa shape index (κ3) is 4.47. The van der Waals surface area contributed by atoms with Crippen LogP contribution in [0.25, 0.3) is 0 Å². The molecule has 1 atom stereocenters. The largest absolute Gasteiger partial charge is 0.336 e. The number of amides is 2. The Morgan fingerprint density at radius 2 is 2.09 bits per heavy atom. The number of piperidine rings is 1. The molecule has 0 aromatic heterocycles. The molecule has 0 aliphatic carbocycles. The third-order valence-electron chi connectivity index (χ3n) is 4.30. The molecule has 1 unspecified atom stereocenters. The zero-order valence-electron chi connectivity index (χ0n) is 13.3. The van der Waals surface area contributed by atoms with Gasteiger partial charge >= 0.3 is 6.03 Å². The lowest BCUT2D eigenvalue weighted by molar-refractivity contribution is 0.146. The smallest absolute Gasteiger partial charge is 0.319 e. The molecular formula is C17H24N4O. The van der Waals surface area contributed by atoms with Crippen LogP contribution in [0.3, 0.4) is 0 Å². The second kappa shape index (κ2) is 7.81. The van der Waals surface area contributed by atoms with Crippen LogP contribution < -0.4 is 10.6 Å². The Hall–Kier alpha value is -2.06. The number of hydrogen-bond donors (Lipinski definition) is 2. The Kier molecular flexibility index (Phi) is 5.79. The molecule has 2 N–H and O–H groups in total. The average molecular weight is 300 g/mol. The van der Waals surface area contributed by atoms with Crippen LogP contribution in [0.5, 0.6) is 0 Å². The Bertz CT molecular complexity index is 544. The predicted octanol–water partition coefficient (Wildman–Crippen LogP) is 2.80. The van der Waals surface area contributed by atoms with Gasteiger partial charge in [0.25, 0.3) is 0 Å². The van der Waals surface area contributed by atoms with Crippen molar-refractivity contribution in [2.75, 3.05) is 25.0 Å². The number of urea groups is 1. The summed E-state index contributed by atoms with van der Waals surface area (Å²) in [5.74, 6) is 0.808. The van der Waals surface area contributed by atoms with Gasteiger partial charge in [-0.25, -0.2) is 4.79 Å². The number of para-hydroxylation sites is 1. The molecule has 5 nitrogen and oxygen atoms in total. The molecule has 1 heterocycles. The average Bonchev–Trinajstić information content (AvgIpc) is 2.54. The van der Waals surface area contributed by atoms with Gasteiger partial charge in [0.1, 0.15) is 6.07 Å². The summed E-state index contributed by atoms with van der Waals surface area (Å²) >= 11 is 0. The minimum absolute atomic E-state index is 0.264. The molecule has 1 aromatic carbocycles.